The molecule has 1 aliphatic heterocycles. The summed E-state index contributed by atoms with van der Waals surface area (Å²) in [5.41, 5.74) is 0.159. The molecule has 0 bridgehead atoms. The standard InChI is InChI=1S/C39H50N4O8S/c1-39(2,3)42-37(47)32-22-27-16-9-11-19-31(27)43(32)38(48)35(45)29(21-25-13-6-5-7-14-25)41-36(46)30(24-52(4,49)50)40-34(44)23-51-33-20-12-17-26-15-8-10-18-28(26)33/h5-8,10,12-15,17-18,20,27,29-32,35,45H,9,11,16,19,21-24H2,1-4H3,(H,40,44)(H,41,46)(H,42,47)/t27?,29-,30-,31?,32-,35-/m0/s1. The van der Waals surface area contributed by atoms with Crippen LogP contribution in [0.5, 0.6) is 5.75 Å². The van der Waals surface area contributed by atoms with Crippen LogP contribution in [0.25, 0.3) is 10.8 Å². The third kappa shape index (κ3) is 10.1. The molecule has 2 unspecified atom stereocenters. The highest BCUT2D eigenvalue weighted by Crippen LogP contribution is 2.40. The van der Waals surface area contributed by atoms with E-state index in [9.17, 15) is 32.7 Å². The largest absolute Gasteiger partial charge is 0.483 e. The maximum atomic E-state index is 14.3. The van der Waals surface area contributed by atoms with Crippen LogP contribution in [-0.2, 0) is 35.4 Å². The minimum Gasteiger partial charge on any atom is -0.483 e. The lowest BCUT2D eigenvalue weighted by Crippen LogP contribution is -2.61. The van der Waals surface area contributed by atoms with E-state index in [0.29, 0.717) is 24.2 Å². The Morgan fingerprint density at radius 2 is 1.60 bits per heavy atom. The van der Waals surface area contributed by atoms with Crippen LogP contribution in [0.2, 0.25) is 0 Å². The van der Waals surface area contributed by atoms with E-state index in [1.54, 1.807) is 36.4 Å². The molecule has 0 radical (unpaired) electrons. The van der Waals surface area contributed by atoms with Gasteiger partial charge >= 0.3 is 0 Å². The van der Waals surface area contributed by atoms with Crippen LogP contribution in [0.15, 0.2) is 72.8 Å². The molecule has 2 aliphatic rings. The molecular formula is C39H50N4O8S. The van der Waals surface area contributed by atoms with Gasteiger partial charge in [-0.25, -0.2) is 8.42 Å². The van der Waals surface area contributed by atoms with E-state index in [-0.39, 0.29) is 24.3 Å². The second-order valence-electron chi connectivity index (χ2n) is 15.1. The molecule has 3 aromatic carbocycles. The number of nitrogens with zero attached hydrogens (tertiary/aromatic N) is 1. The highest BCUT2D eigenvalue weighted by Gasteiger charge is 2.50. The number of nitrogens with one attached hydrogen (secondary N) is 3. The van der Waals surface area contributed by atoms with Gasteiger partial charge in [0.05, 0.1) is 11.8 Å². The fourth-order valence-corrected chi connectivity index (χ4v) is 8.21. The van der Waals surface area contributed by atoms with E-state index in [2.05, 4.69) is 16.0 Å². The van der Waals surface area contributed by atoms with Crippen LogP contribution >= 0.6 is 0 Å². The summed E-state index contributed by atoms with van der Waals surface area (Å²) < 4.78 is 30.7. The van der Waals surface area contributed by atoms with E-state index in [0.717, 1.165) is 36.3 Å². The van der Waals surface area contributed by atoms with Crippen LogP contribution in [0.3, 0.4) is 0 Å². The molecule has 3 aromatic rings. The molecule has 0 spiro atoms. The van der Waals surface area contributed by atoms with Crippen molar-refractivity contribution in [2.75, 3.05) is 18.6 Å². The molecule has 280 valence electrons. The van der Waals surface area contributed by atoms with E-state index >= 15 is 0 Å². The Kier molecular flexibility index (Phi) is 12.3. The summed E-state index contributed by atoms with van der Waals surface area (Å²) in [4.78, 5) is 56.4. The van der Waals surface area contributed by atoms with Gasteiger partial charge in [-0.3, -0.25) is 19.2 Å². The number of aliphatic hydroxyl groups is 1. The van der Waals surface area contributed by atoms with Crippen molar-refractivity contribution in [2.24, 2.45) is 5.92 Å². The monoisotopic (exact) mass is 734 g/mol. The Bertz CT molecular complexity index is 1860. The maximum Gasteiger partial charge on any atom is 0.258 e. The van der Waals surface area contributed by atoms with Crippen LogP contribution in [-0.4, -0.2) is 96.5 Å². The molecule has 0 aromatic heterocycles. The topological polar surface area (TPSA) is 171 Å². The van der Waals surface area contributed by atoms with Crippen LogP contribution in [0.4, 0.5) is 0 Å². The SMILES string of the molecule is CC(C)(C)NC(=O)[C@@H]1CC2CCCCC2N1C(=O)[C@@H](O)[C@H](Cc1ccccc1)NC(=O)[C@H](CS(C)(=O)=O)NC(=O)COc1cccc2ccccc12. The number of rotatable bonds is 13. The minimum atomic E-state index is -3.80. The lowest BCUT2D eigenvalue weighted by Gasteiger charge is -2.37. The number of amides is 4. The van der Waals surface area contributed by atoms with Crippen molar-refractivity contribution in [3.63, 3.8) is 0 Å². The molecule has 4 N–H and O–H groups in total. The van der Waals surface area contributed by atoms with Crippen LogP contribution in [0, 0.1) is 5.92 Å². The summed E-state index contributed by atoms with van der Waals surface area (Å²) in [7, 11) is -3.80. The van der Waals surface area contributed by atoms with Gasteiger partial charge in [0.2, 0.25) is 11.8 Å². The Hall–Kier alpha value is -4.49. The average molecular weight is 735 g/mol. The van der Waals surface area contributed by atoms with Gasteiger partial charge in [-0.1, -0.05) is 79.6 Å². The normalized spacial score (nSPS) is 20.6. The lowest BCUT2D eigenvalue weighted by atomic mass is 9.84. The first-order valence-electron chi connectivity index (χ1n) is 17.8. The van der Waals surface area contributed by atoms with Gasteiger partial charge in [-0.2, -0.15) is 0 Å². The Morgan fingerprint density at radius 3 is 2.31 bits per heavy atom. The summed E-state index contributed by atoms with van der Waals surface area (Å²) >= 11 is 0. The molecule has 2 fully saturated rings. The number of sulfone groups is 1. The van der Waals surface area contributed by atoms with Crippen molar-refractivity contribution in [1.82, 2.24) is 20.9 Å². The number of aliphatic hydroxyl groups excluding tert-OH is 1. The van der Waals surface area contributed by atoms with Gasteiger partial charge < -0.3 is 30.7 Å². The first kappa shape index (κ1) is 38.7. The fourth-order valence-electron chi connectivity index (χ4n) is 7.37. The zero-order valence-electron chi connectivity index (χ0n) is 30.2. The van der Waals surface area contributed by atoms with E-state index in [1.807, 2.05) is 57.2 Å². The van der Waals surface area contributed by atoms with Crippen molar-refractivity contribution >= 4 is 44.2 Å². The Balaban J connectivity index is 1.36. The van der Waals surface area contributed by atoms with Crippen molar-refractivity contribution in [1.29, 1.82) is 0 Å². The number of likely N-dealkylation sites (tertiary alicyclic amines) is 1. The number of fused-ring (bicyclic) bond motifs is 2. The smallest absolute Gasteiger partial charge is 0.258 e. The molecule has 13 heteroatoms. The molecule has 52 heavy (non-hydrogen) atoms. The number of carbonyl (C=O) groups excluding carboxylic acids is 4. The van der Waals surface area contributed by atoms with Crippen LogP contribution < -0.4 is 20.7 Å². The molecule has 1 aliphatic carbocycles. The number of hydrogen-bond acceptors (Lipinski definition) is 8. The van der Waals surface area contributed by atoms with Gasteiger partial charge in [0.15, 0.2) is 12.7 Å². The first-order valence-corrected chi connectivity index (χ1v) is 19.9. The third-order valence-electron chi connectivity index (χ3n) is 9.63. The van der Waals surface area contributed by atoms with Gasteiger partial charge in [0.1, 0.15) is 27.7 Å². The predicted octanol–water partition coefficient (Wildman–Crippen LogP) is 2.91. The molecule has 1 saturated carbocycles. The summed E-state index contributed by atoms with van der Waals surface area (Å²) in [5, 5.41) is 21.6. The molecule has 6 atom stereocenters. The van der Waals surface area contributed by atoms with Crippen molar-refractivity contribution in [2.45, 2.75) is 95.1 Å². The minimum absolute atomic E-state index is 0.0179. The molecule has 1 saturated heterocycles. The van der Waals surface area contributed by atoms with Crippen molar-refractivity contribution in [3.05, 3.63) is 78.4 Å². The van der Waals surface area contributed by atoms with Crippen LogP contribution in [0.1, 0.15) is 58.4 Å². The van der Waals surface area contributed by atoms with Gasteiger partial charge in [-0.15, -0.1) is 0 Å². The third-order valence-corrected chi connectivity index (χ3v) is 10.6. The number of ether oxygens (including phenoxy) is 1. The zero-order chi connectivity index (χ0) is 37.6. The van der Waals surface area contributed by atoms with E-state index < -0.39 is 69.7 Å². The lowest BCUT2D eigenvalue weighted by molar-refractivity contribution is -0.150. The molecule has 5 rings (SSSR count). The summed E-state index contributed by atoms with van der Waals surface area (Å²) in [5.74, 6) is -2.79. The highest BCUT2D eigenvalue weighted by molar-refractivity contribution is 7.90. The van der Waals surface area contributed by atoms with Crippen molar-refractivity contribution in [3.8, 4) is 5.75 Å². The number of benzene rings is 3. The molecule has 4 amide bonds. The second kappa shape index (κ2) is 16.5. The highest BCUT2D eigenvalue weighted by atomic mass is 32.2. The number of carbonyl (C=O) groups is 4. The molecule has 1 heterocycles. The van der Waals surface area contributed by atoms with Crippen molar-refractivity contribution < 1.29 is 37.4 Å². The summed E-state index contributed by atoms with van der Waals surface area (Å²) in [6.45, 7) is 5.09. The van der Waals surface area contributed by atoms with Gasteiger partial charge in [0, 0.05) is 23.2 Å². The van der Waals surface area contributed by atoms with E-state index in [1.165, 1.54) is 4.90 Å². The van der Waals surface area contributed by atoms with Gasteiger partial charge in [0.25, 0.3) is 11.8 Å². The number of hydrogen-bond donors (Lipinski definition) is 4. The maximum absolute atomic E-state index is 14.3. The molecule has 12 nitrogen and oxygen atoms in total. The average Bonchev–Trinajstić information content (AvgIpc) is 3.48. The second-order valence-corrected chi connectivity index (χ2v) is 17.3. The summed E-state index contributed by atoms with van der Waals surface area (Å²) in [6.07, 6.45) is 3.10. The predicted molar refractivity (Wildman–Crippen MR) is 198 cm³/mol. The van der Waals surface area contributed by atoms with Gasteiger partial charge in [-0.05, 0) is 69.4 Å². The van der Waals surface area contributed by atoms with E-state index in [4.69, 9.17) is 4.74 Å². The zero-order valence-corrected chi connectivity index (χ0v) is 31.0. The quantitative estimate of drug-likeness (QED) is 0.208. The Morgan fingerprint density at radius 1 is 0.923 bits per heavy atom. The molecular weight excluding hydrogens is 685 g/mol. The fraction of sp³-hybridized carbons (Fsp3) is 0.487. The Labute approximate surface area is 305 Å². The summed E-state index contributed by atoms with van der Waals surface area (Å²) in [6, 6.07) is 18.0. The first-order chi connectivity index (χ1) is 24.6.